The molecule has 0 bridgehead atoms. The summed E-state index contributed by atoms with van der Waals surface area (Å²) in [6.45, 7) is 2.59. The van der Waals surface area contributed by atoms with E-state index >= 15 is 0 Å². The Morgan fingerprint density at radius 1 is 1.00 bits per heavy atom. The first kappa shape index (κ1) is 18.5. The number of hydrogen-bond acceptors (Lipinski definition) is 5. The van der Waals surface area contributed by atoms with Crippen molar-refractivity contribution < 1.29 is 13.2 Å². The highest BCUT2D eigenvalue weighted by Crippen LogP contribution is 2.29. The van der Waals surface area contributed by atoms with Crippen LogP contribution < -0.4 is 9.80 Å². The zero-order chi connectivity index (χ0) is 19.7. The van der Waals surface area contributed by atoms with Gasteiger partial charge in [-0.1, -0.05) is 18.2 Å². The number of anilines is 2. The fourth-order valence-electron chi connectivity index (χ4n) is 3.58. The highest BCUT2D eigenvalue weighted by atomic mass is 19.4. The lowest BCUT2D eigenvalue weighted by Crippen LogP contribution is -2.31. The van der Waals surface area contributed by atoms with Crippen LogP contribution in [0.5, 0.6) is 0 Å². The van der Waals surface area contributed by atoms with Crippen LogP contribution in [0.1, 0.15) is 30.7 Å². The number of alkyl halides is 3. The summed E-state index contributed by atoms with van der Waals surface area (Å²) in [6.07, 6.45) is -1.00. The molecular formula is C19H21F3N6. The first-order valence-corrected chi connectivity index (χ1v) is 9.27. The van der Waals surface area contributed by atoms with Crippen LogP contribution in [0.3, 0.4) is 0 Å². The van der Waals surface area contributed by atoms with Gasteiger partial charge >= 0.3 is 6.18 Å². The van der Waals surface area contributed by atoms with Crippen LogP contribution in [-0.4, -0.2) is 39.9 Å². The molecule has 0 aliphatic carbocycles. The molecule has 1 saturated heterocycles. The molecule has 6 nitrogen and oxygen atoms in total. The highest BCUT2D eigenvalue weighted by Gasteiger charge is 2.37. The highest BCUT2D eigenvalue weighted by molar-refractivity contribution is 5.56. The van der Waals surface area contributed by atoms with Crippen molar-refractivity contribution in [2.75, 3.05) is 29.9 Å². The van der Waals surface area contributed by atoms with Crippen molar-refractivity contribution in [1.29, 1.82) is 0 Å². The van der Waals surface area contributed by atoms with Crippen LogP contribution in [-0.2, 0) is 12.7 Å². The van der Waals surface area contributed by atoms with E-state index in [1.165, 1.54) is 31.0 Å². The number of rotatable bonds is 4. The molecule has 1 aliphatic rings. The molecule has 3 aromatic rings. The summed E-state index contributed by atoms with van der Waals surface area (Å²) in [4.78, 5) is 4.22. The van der Waals surface area contributed by atoms with E-state index in [2.05, 4.69) is 32.3 Å². The second kappa shape index (κ2) is 7.29. The van der Waals surface area contributed by atoms with Gasteiger partial charge in [-0.25, -0.2) is 0 Å². The third-order valence-corrected chi connectivity index (χ3v) is 4.99. The lowest BCUT2D eigenvalue weighted by atomic mass is 10.1. The predicted octanol–water partition coefficient (Wildman–Crippen LogP) is 3.77. The van der Waals surface area contributed by atoms with Gasteiger partial charge in [0.15, 0.2) is 5.65 Å². The smallest absolute Gasteiger partial charge is 0.371 e. The molecule has 0 spiro atoms. The van der Waals surface area contributed by atoms with Crippen molar-refractivity contribution >= 4 is 17.2 Å². The Bertz CT molecular complexity index is 962. The molecule has 0 saturated carbocycles. The van der Waals surface area contributed by atoms with Crippen molar-refractivity contribution in [3.63, 3.8) is 0 Å². The molecular weight excluding hydrogens is 369 g/mol. The van der Waals surface area contributed by atoms with Crippen LogP contribution in [0.2, 0.25) is 0 Å². The van der Waals surface area contributed by atoms with E-state index in [9.17, 15) is 13.2 Å². The fourth-order valence-corrected chi connectivity index (χ4v) is 3.58. The van der Waals surface area contributed by atoms with E-state index in [4.69, 9.17) is 0 Å². The molecule has 1 aliphatic heterocycles. The largest absolute Gasteiger partial charge is 0.453 e. The van der Waals surface area contributed by atoms with Gasteiger partial charge in [-0.05, 0) is 43.0 Å². The number of piperidine rings is 1. The van der Waals surface area contributed by atoms with Crippen molar-refractivity contribution in [2.45, 2.75) is 32.0 Å². The monoisotopic (exact) mass is 390 g/mol. The quantitative estimate of drug-likeness (QED) is 0.679. The Balaban J connectivity index is 1.61. The van der Waals surface area contributed by atoms with Gasteiger partial charge in [-0.3, -0.25) is 0 Å². The van der Waals surface area contributed by atoms with Crippen LogP contribution in [0, 0.1) is 0 Å². The number of aromatic nitrogens is 4. The average Bonchev–Trinajstić information content (AvgIpc) is 3.13. The number of benzene rings is 1. The number of hydrogen-bond donors (Lipinski definition) is 0. The molecule has 0 radical (unpaired) electrons. The Labute approximate surface area is 160 Å². The van der Waals surface area contributed by atoms with Crippen LogP contribution in [0.4, 0.5) is 24.7 Å². The second-order valence-electron chi connectivity index (χ2n) is 7.02. The van der Waals surface area contributed by atoms with Crippen molar-refractivity contribution in [3.8, 4) is 0 Å². The second-order valence-corrected chi connectivity index (χ2v) is 7.02. The van der Waals surface area contributed by atoms with Gasteiger partial charge in [0.25, 0.3) is 5.82 Å². The predicted molar refractivity (Wildman–Crippen MR) is 100 cm³/mol. The maximum Gasteiger partial charge on any atom is 0.453 e. The summed E-state index contributed by atoms with van der Waals surface area (Å²) in [5.41, 5.74) is 2.36. The summed E-state index contributed by atoms with van der Waals surface area (Å²) in [5.74, 6) is -0.697. The number of halogens is 3. The Morgan fingerprint density at radius 2 is 1.75 bits per heavy atom. The van der Waals surface area contributed by atoms with E-state index < -0.39 is 12.0 Å². The molecule has 1 aromatic carbocycles. The van der Waals surface area contributed by atoms with Crippen molar-refractivity contribution in [1.82, 2.24) is 19.8 Å². The molecule has 4 rings (SSSR count). The third-order valence-electron chi connectivity index (χ3n) is 4.99. The first-order chi connectivity index (χ1) is 13.4. The average molecular weight is 390 g/mol. The summed E-state index contributed by atoms with van der Waals surface area (Å²) < 4.78 is 40.1. The lowest BCUT2D eigenvalue weighted by molar-refractivity contribution is -0.146. The maximum absolute atomic E-state index is 13.1. The van der Waals surface area contributed by atoms with Crippen molar-refractivity contribution in [2.24, 2.45) is 0 Å². The first-order valence-electron chi connectivity index (χ1n) is 9.27. The molecule has 0 atom stereocenters. The SMILES string of the molecule is CN(Cc1ccccc1N1CCCCC1)c1ccc2nnc(C(F)(F)F)n2n1. The fraction of sp³-hybridized carbons (Fsp3) is 0.421. The Kier molecular flexibility index (Phi) is 4.82. The summed E-state index contributed by atoms with van der Waals surface area (Å²) in [6, 6.07) is 11.3. The summed E-state index contributed by atoms with van der Waals surface area (Å²) in [5, 5.41) is 10.9. The van der Waals surface area contributed by atoms with Gasteiger partial charge in [0, 0.05) is 32.4 Å². The molecule has 2 aromatic heterocycles. The van der Waals surface area contributed by atoms with E-state index in [0.29, 0.717) is 12.4 Å². The molecule has 28 heavy (non-hydrogen) atoms. The zero-order valence-electron chi connectivity index (χ0n) is 15.5. The molecule has 148 valence electrons. The Hall–Kier alpha value is -2.84. The van der Waals surface area contributed by atoms with Crippen LogP contribution >= 0.6 is 0 Å². The summed E-state index contributed by atoms with van der Waals surface area (Å²) >= 11 is 0. The van der Waals surface area contributed by atoms with Gasteiger partial charge < -0.3 is 9.80 Å². The molecule has 9 heteroatoms. The number of nitrogens with zero attached hydrogens (tertiary/aromatic N) is 6. The number of para-hydroxylation sites is 1. The Morgan fingerprint density at radius 3 is 2.50 bits per heavy atom. The van der Waals surface area contributed by atoms with Crippen molar-refractivity contribution in [3.05, 3.63) is 47.8 Å². The molecule has 0 N–H and O–H groups in total. The summed E-state index contributed by atoms with van der Waals surface area (Å²) in [7, 11) is 1.82. The third kappa shape index (κ3) is 3.61. The normalized spacial score (nSPS) is 15.2. The van der Waals surface area contributed by atoms with Gasteiger partial charge in [-0.15, -0.1) is 15.3 Å². The molecule has 0 amide bonds. The lowest BCUT2D eigenvalue weighted by Gasteiger charge is -2.31. The maximum atomic E-state index is 13.1. The minimum absolute atomic E-state index is 0.0678. The standard InChI is InChI=1S/C19H21F3N6/c1-26(13-14-7-3-4-8-15(14)27-11-5-2-6-12-27)17-10-9-16-23-24-18(19(20,21)22)28(16)25-17/h3-4,7-10H,2,5-6,11-13H2,1H3. The number of fused-ring (bicyclic) bond motifs is 1. The molecule has 3 heterocycles. The van der Waals surface area contributed by atoms with E-state index in [-0.39, 0.29) is 5.65 Å². The van der Waals surface area contributed by atoms with Gasteiger partial charge in [0.05, 0.1) is 0 Å². The molecule has 1 fully saturated rings. The minimum Gasteiger partial charge on any atom is -0.371 e. The van der Waals surface area contributed by atoms with E-state index in [0.717, 1.165) is 23.2 Å². The molecule has 0 unspecified atom stereocenters. The topological polar surface area (TPSA) is 49.6 Å². The van der Waals surface area contributed by atoms with Crippen LogP contribution in [0.25, 0.3) is 5.65 Å². The minimum atomic E-state index is -4.61. The van der Waals surface area contributed by atoms with E-state index in [1.807, 2.05) is 24.1 Å². The van der Waals surface area contributed by atoms with E-state index in [1.54, 1.807) is 6.07 Å². The van der Waals surface area contributed by atoms with Crippen LogP contribution in [0.15, 0.2) is 36.4 Å². The van der Waals surface area contributed by atoms with Gasteiger partial charge in [-0.2, -0.15) is 17.7 Å². The zero-order valence-corrected chi connectivity index (χ0v) is 15.5. The van der Waals surface area contributed by atoms with Gasteiger partial charge in [0.2, 0.25) is 0 Å². The van der Waals surface area contributed by atoms with Gasteiger partial charge in [0.1, 0.15) is 5.82 Å².